The average molecular weight is 462 g/mol. The quantitative estimate of drug-likeness (QED) is 0.341. The van der Waals surface area contributed by atoms with Gasteiger partial charge in [0.25, 0.3) is 5.91 Å². The molecule has 0 saturated carbocycles. The van der Waals surface area contributed by atoms with Gasteiger partial charge >= 0.3 is 6.18 Å². The Labute approximate surface area is 186 Å². The van der Waals surface area contributed by atoms with Gasteiger partial charge in [0.15, 0.2) is 12.3 Å². The van der Waals surface area contributed by atoms with Crippen molar-refractivity contribution >= 4 is 23.2 Å². The van der Waals surface area contributed by atoms with Crippen LogP contribution < -0.4 is 14.4 Å². The van der Waals surface area contributed by atoms with Gasteiger partial charge in [-0.15, -0.1) is 0 Å². The molecular weight excluding hydrogens is 447 g/mol. The van der Waals surface area contributed by atoms with E-state index in [9.17, 15) is 23.2 Å². The number of benzene rings is 2. The highest BCUT2D eigenvalue weighted by molar-refractivity contribution is 6.31. The summed E-state index contributed by atoms with van der Waals surface area (Å²) < 4.78 is 49.1. The molecule has 0 aliphatic heterocycles. The second-order valence-corrected chi connectivity index (χ2v) is 6.86. The predicted octanol–water partition coefficient (Wildman–Crippen LogP) is 5.83. The molecule has 2 aromatic carbocycles. The first-order valence-corrected chi connectivity index (χ1v) is 9.53. The second kappa shape index (κ2) is 9.58. The Morgan fingerprint density at radius 3 is 2.31 bits per heavy atom. The van der Waals surface area contributed by atoms with Crippen molar-refractivity contribution in [3.8, 4) is 23.6 Å². The summed E-state index contributed by atoms with van der Waals surface area (Å²) >= 11 is 5.83. The molecule has 0 aliphatic rings. The fraction of sp³-hybridized carbons (Fsp3) is 0.136. The van der Waals surface area contributed by atoms with E-state index in [1.54, 1.807) is 30.3 Å². The molecule has 164 valence electrons. The van der Waals surface area contributed by atoms with Crippen LogP contribution in [0.4, 0.5) is 18.9 Å². The summed E-state index contributed by atoms with van der Waals surface area (Å²) in [6.07, 6.45) is -3.07. The zero-order chi connectivity index (χ0) is 23.3. The number of aromatic nitrogens is 1. The van der Waals surface area contributed by atoms with Gasteiger partial charge in [-0.2, -0.15) is 18.4 Å². The van der Waals surface area contributed by atoms with Gasteiger partial charge in [-0.1, -0.05) is 29.8 Å². The van der Waals surface area contributed by atoms with Gasteiger partial charge in [-0.25, -0.2) is 9.88 Å². The number of anilines is 1. The largest absolute Gasteiger partial charge is 0.481 e. The van der Waals surface area contributed by atoms with Crippen LogP contribution in [-0.2, 0) is 11.0 Å². The number of amides is 1. The van der Waals surface area contributed by atoms with Gasteiger partial charge in [0.2, 0.25) is 5.88 Å². The van der Waals surface area contributed by atoms with Crippen LogP contribution in [0.5, 0.6) is 17.4 Å². The van der Waals surface area contributed by atoms with E-state index in [1.165, 1.54) is 31.2 Å². The second-order valence-electron chi connectivity index (χ2n) is 6.45. The number of hydrogen-bond donors (Lipinski definition) is 0. The average Bonchev–Trinajstić information content (AvgIpc) is 2.77. The lowest BCUT2D eigenvalue weighted by Crippen LogP contribution is -2.37. The summed E-state index contributed by atoms with van der Waals surface area (Å²) in [4.78, 5) is 17.1. The molecule has 1 aromatic heterocycles. The van der Waals surface area contributed by atoms with Crippen molar-refractivity contribution < 1.29 is 27.4 Å². The molecule has 3 rings (SSSR count). The number of nitriles is 1. The summed E-state index contributed by atoms with van der Waals surface area (Å²) in [5, 5.41) is 9.03. The minimum absolute atomic E-state index is 0.190. The highest BCUT2D eigenvalue weighted by Gasteiger charge is 2.32. The van der Waals surface area contributed by atoms with E-state index >= 15 is 0 Å². The number of alkyl halides is 3. The van der Waals surface area contributed by atoms with E-state index in [0.29, 0.717) is 17.6 Å². The van der Waals surface area contributed by atoms with Crippen LogP contribution in [0.1, 0.15) is 12.5 Å². The molecule has 6 nitrogen and oxygen atoms in total. The fourth-order valence-electron chi connectivity index (χ4n) is 2.60. The summed E-state index contributed by atoms with van der Waals surface area (Å²) in [5.41, 5.74) is -0.570. The van der Waals surface area contributed by atoms with Gasteiger partial charge in [0.1, 0.15) is 16.5 Å². The van der Waals surface area contributed by atoms with E-state index in [2.05, 4.69) is 4.98 Å². The van der Waals surface area contributed by atoms with Crippen LogP contribution in [0, 0.1) is 11.5 Å². The lowest BCUT2D eigenvalue weighted by molar-refractivity contribution is -0.137. The Kier molecular flexibility index (Phi) is 6.85. The number of para-hydroxylation sites is 1. The minimum atomic E-state index is -4.57. The van der Waals surface area contributed by atoms with Crippen molar-refractivity contribution in [1.82, 2.24) is 4.98 Å². The number of halogens is 4. The zero-order valence-electron chi connectivity index (χ0n) is 16.5. The van der Waals surface area contributed by atoms with Crippen LogP contribution in [0.25, 0.3) is 0 Å². The molecule has 1 heterocycles. The topological polar surface area (TPSA) is 75.5 Å². The molecule has 0 aliphatic carbocycles. The van der Waals surface area contributed by atoms with Crippen LogP contribution >= 0.6 is 11.6 Å². The monoisotopic (exact) mass is 461 g/mol. The van der Waals surface area contributed by atoms with Crippen molar-refractivity contribution in [2.45, 2.75) is 19.2 Å². The first kappa shape index (κ1) is 22.9. The van der Waals surface area contributed by atoms with Crippen molar-refractivity contribution in [2.24, 2.45) is 0 Å². The van der Waals surface area contributed by atoms with Gasteiger partial charge < -0.3 is 9.47 Å². The molecule has 32 heavy (non-hydrogen) atoms. The molecule has 1 amide bonds. The van der Waals surface area contributed by atoms with Crippen LogP contribution in [-0.4, -0.2) is 17.0 Å². The molecule has 10 heteroatoms. The number of carbonyl (C=O) groups excluding carboxylic acids is 1. The number of ether oxygens (including phenoxy) is 2. The third-order valence-corrected chi connectivity index (χ3v) is 4.44. The van der Waals surface area contributed by atoms with E-state index in [-0.39, 0.29) is 16.7 Å². The minimum Gasteiger partial charge on any atom is -0.481 e. The lowest BCUT2D eigenvalue weighted by atomic mass is 10.2. The summed E-state index contributed by atoms with van der Waals surface area (Å²) in [6, 6.07) is 15.1. The molecular formula is C22H15ClF3N3O3. The first-order valence-electron chi connectivity index (χ1n) is 9.15. The molecule has 0 saturated heterocycles. The maximum Gasteiger partial charge on any atom is 0.417 e. The number of carbonyl (C=O) groups is 1. The zero-order valence-corrected chi connectivity index (χ0v) is 17.3. The normalized spacial score (nSPS) is 11.9. The van der Waals surface area contributed by atoms with Crippen molar-refractivity contribution in [3.05, 3.63) is 77.4 Å². The lowest BCUT2D eigenvalue weighted by Gasteiger charge is -2.19. The summed E-state index contributed by atoms with van der Waals surface area (Å²) in [7, 11) is 0. The number of nitrogens with zero attached hydrogens (tertiary/aromatic N) is 3. The van der Waals surface area contributed by atoms with E-state index in [0.717, 1.165) is 11.0 Å². The van der Waals surface area contributed by atoms with Crippen molar-refractivity contribution in [2.75, 3.05) is 4.90 Å². The number of pyridine rings is 1. The number of hydrogen-bond acceptors (Lipinski definition) is 5. The molecule has 1 atom stereocenters. The first-order chi connectivity index (χ1) is 15.2. The Bertz CT molecular complexity index is 1130. The van der Waals surface area contributed by atoms with E-state index in [1.807, 2.05) is 6.19 Å². The molecule has 0 radical (unpaired) electrons. The highest BCUT2D eigenvalue weighted by atomic mass is 35.5. The fourth-order valence-corrected chi connectivity index (χ4v) is 2.81. The maximum atomic E-state index is 12.7. The summed E-state index contributed by atoms with van der Waals surface area (Å²) in [5.74, 6) is -0.187. The third kappa shape index (κ3) is 5.47. The van der Waals surface area contributed by atoms with E-state index in [4.69, 9.17) is 21.1 Å². The van der Waals surface area contributed by atoms with Gasteiger partial charge in [-0.05, 0) is 49.4 Å². The molecule has 3 aromatic rings. The SMILES string of the molecule is CC(Oc1ccc(Oc2ncc(C(F)(F)F)cc2Cl)cc1)C(=O)N(C#N)c1ccccc1. The van der Waals surface area contributed by atoms with E-state index < -0.39 is 23.8 Å². The predicted molar refractivity (Wildman–Crippen MR) is 110 cm³/mol. The van der Waals surface area contributed by atoms with Crippen molar-refractivity contribution in [3.63, 3.8) is 0 Å². The molecule has 1 unspecified atom stereocenters. The Morgan fingerprint density at radius 1 is 1.12 bits per heavy atom. The van der Waals surface area contributed by atoms with Crippen LogP contribution in [0.2, 0.25) is 5.02 Å². The number of rotatable bonds is 6. The standard InChI is InChI=1S/C22H15ClF3N3O3/c1-14(21(30)29(13-27)16-5-3-2-4-6-16)31-17-7-9-18(10-8-17)32-20-19(23)11-15(12-28-20)22(24,25)26/h2-12,14H,1H3. The van der Waals surface area contributed by atoms with Crippen LogP contribution in [0.15, 0.2) is 66.9 Å². The van der Waals surface area contributed by atoms with Gasteiger partial charge in [0, 0.05) is 6.20 Å². The van der Waals surface area contributed by atoms with Crippen molar-refractivity contribution in [1.29, 1.82) is 5.26 Å². The summed E-state index contributed by atoms with van der Waals surface area (Å²) in [6.45, 7) is 1.51. The molecule has 0 N–H and O–H groups in total. The smallest absolute Gasteiger partial charge is 0.417 e. The molecule has 0 bridgehead atoms. The maximum absolute atomic E-state index is 12.7. The van der Waals surface area contributed by atoms with Gasteiger partial charge in [0.05, 0.1) is 11.3 Å². The Hall–Kier alpha value is -3.77. The van der Waals surface area contributed by atoms with Gasteiger partial charge in [-0.3, -0.25) is 4.79 Å². The highest BCUT2D eigenvalue weighted by Crippen LogP contribution is 2.35. The Morgan fingerprint density at radius 2 is 1.75 bits per heavy atom. The Balaban J connectivity index is 1.66. The molecule has 0 fully saturated rings. The third-order valence-electron chi connectivity index (χ3n) is 4.17. The molecule has 0 spiro atoms. The van der Waals surface area contributed by atoms with Crippen LogP contribution in [0.3, 0.4) is 0 Å².